The summed E-state index contributed by atoms with van der Waals surface area (Å²) in [6.07, 6.45) is 6.30. The lowest BCUT2D eigenvalue weighted by molar-refractivity contribution is -0.136. The summed E-state index contributed by atoms with van der Waals surface area (Å²) in [6, 6.07) is 13.9. The Hall–Kier alpha value is -4.00. The standard InChI is InChI=1S/C28H28ClN5O6S/c1-41(37,38)39-16-24(35)34-12-6-5-7-18(34)14-30-27-25-22(15-31-28(25)33-17-32-27)26(36)21-11-10-20(13-23(21)29)40-19-8-3-2-4-9-19/h2-4,8-11,13,15,17-18H,5-7,12,14,16H2,1H3,(H2,30,31,32,33). The Morgan fingerprint density at radius 2 is 1.90 bits per heavy atom. The molecule has 4 aromatic rings. The maximum atomic E-state index is 13.6. The highest BCUT2D eigenvalue weighted by Crippen LogP contribution is 2.31. The third-order valence-electron chi connectivity index (χ3n) is 6.73. The van der Waals surface area contributed by atoms with Gasteiger partial charge in [-0.1, -0.05) is 29.8 Å². The van der Waals surface area contributed by atoms with Crippen molar-refractivity contribution in [2.75, 3.05) is 31.3 Å². The fourth-order valence-electron chi connectivity index (χ4n) is 4.79. The molecule has 5 rings (SSSR count). The van der Waals surface area contributed by atoms with E-state index in [4.69, 9.17) is 20.5 Å². The summed E-state index contributed by atoms with van der Waals surface area (Å²) in [5.74, 6) is 0.841. The molecular weight excluding hydrogens is 570 g/mol. The number of halogens is 1. The number of piperidine rings is 1. The maximum Gasteiger partial charge on any atom is 0.264 e. The molecule has 1 atom stereocenters. The SMILES string of the molecule is CS(=O)(=O)OCC(=O)N1CCCCC1CNc1ncnc2[nH]cc(C(=O)c3ccc(Oc4ccccc4)cc3Cl)c12. The molecule has 1 saturated heterocycles. The van der Waals surface area contributed by atoms with Gasteiger partial charge in [0.1, 0.15) is 35.9 Å². The van der Waals surface area contributed by atoms with Crippen molar-refractivity contribution in [2.24, 2.45) is 0 Å². The van der Waals surface area contributed by atoms with E-state index in [2.05, 4.69) is 20.3 Å². The Labute approximate surface area is 242 Å². The highest BCUT2D eigenvalue weighted by Gasteiger charge is 2.28. The quantitative estimate of drug-likeness (QED) is 0.201. The minimum Gasteiger partial charge on any atom is -0.457 e. The van der Waals surface area contributed by atoms with Crippen molar-refractivity contribution in [3.8, 4) is 11.5 Å². The fourth-order valence-corrected chi connectivity index (χ4v) is 5.36. The first-order valence-electron chi connectivity index (χ1n) is 13.0. The number of carbonyl (C=O) groups excluding carboxylic acids is 2. The number of amides is 1. The van der Waals surface area contributed by atoms with Crippen LogP contribution in [0, 0.1) is 0 Å². The number of ketones is 1. The van der Waals surface area contributed by atoms with Gasteiger partial charge in [0, 0.05) is 37.0 Å². The Balaban J connectivity index is 1.34. The molecule has 13 heteroatoms. The number of anilines is 1. The van der Waals surface area contributed by atoms with Gasteiger partial charge >= 0.3 is 0 Å². The van der Waals surface area contributed by atoms with E-state index in [9.17, 15) is 18.0 Å². The van der Waals surface area contributed by atoms with Gasteiger partial charge in [0.15, 0.2) is 5.78 Å². The van der Waals surface area contributed by atoms with Gasteiger partial charge in [0.25, 0.3) is 10.1 Å². The molecule has 1 amide bonds. The van der Waals surface area contributed by atoms with Crippen LogP contribution < -0.4 is 10.1 Å². The monoisotopic (exact) mass is 597 g/mol. The number of benzene rings is 2. The number of para-hydroxylation sites is 1. The summed E-state index contributed by atoms with van der Waals surface area (Å²) in [7, 11) is -3.74. The second kappa shape index (κ2) is 12.2. The van der Waals surface area contributed by atoms with Gasteiger partial charge in [-0.05, 0) is 43.5 Å². The molecule has 0 saturated carbocycles. The van der Waals surface area contributed by atoms with Crippen molar-refractivity contribution in [3.63, 3.8) is 0 Å². The van der Waals surface area contributed by atoms with Gasteiger partial charge in [-0.2, -0.15) is 8.42 Å². The van der Waals surface area contributed by atoms with Gasteiger partial charge in [0.2, 0.25) is 5.91 Å². The molecule has 1 aliphatic rings. The number of likely N-dealkylation sites (tertiary alicyclic amines) is 1. The molecule has 1 unspecified atom stereocenters. The van der Waals surface area contributed by atoms with Crippen molar-refractivity contribution in [1.29, 1.82) is 0 Å². The lowest BCUT2D eigenvalue weighted by Crippen LogP contribution is -2.48. The van der Waals surface area contributed by atoms with E-state index in [1.54, 1.807) is 29.3 Å². The Morgan fingerprint density at radius 3 is 2.66 bits per heavy atom. The molecule has 0 aliphatic carbocycles. The van der Waals surface area contributed by atoms with Crippen LogP contribution in [0.1, 0.15) is 35.2 Å². The predicted octanol–water partition coefficient (Wildman–Crippen LogP) is 4.40. The van der Waals surface area contributed by atoms with Crippen LogP contribution in [0.5, 0.6) is 11.5 Å². The maximum absolute atomic E-state index is 13.6. The first-order chi connectivity index (χ1) is 19.7. The average molecular weight is 598 g/mol. The molecule has 41 heavy (non-hydrogen) atoms. The molecule has 0 spiro atoms. The van der Waals surface area contributed by atoms with Crippen molar-refractivity contribution >= 4 is 50.3 Å². The molecule has 214 valence electrons. The summed E-state index contributed by atoms with van der Waals surface area (Å²) in [5.41, 5.74) is 1.08. The summed E-state index contributed by atoms with van der Waals surface area (Å²) in [4.78, 5) is 39.6. The topological polar surface area (TPSA) is 144 Å². The molecule has 1 fully saturated rings. The van der Waals surface area contributed by atoms with Crippen LogP contribution in [-0.2, 0) is 19.1 Å². The highest BCUT2D eigenvalue weighted by molar-refractivity contribution is 7.86. The molecule has 2 aromatic heterocycles. The first-order valence-corrected chi connectivity index (χ1v) is 15.2. The highest BCUT2D eigenvalue weighted by atomic mass is 35.5. The van der Waals surface area contributed by atoms with Crippen LogP contribution in [0.4, 0.5) is 5.82 Å². The largest absolute Gasteiger partial charge is 0.457 e. The van der Waals surface area contributed by atoms with E-state index in [0.29, 0.717) is 47.0 Å². The smallest absolute Gasteiger partial charge is 0.264 e. The number of hydrogen-bond acceptors (Lipinski definition) is 9. The third kappa shape index (κ3) is 6.84. The molecule has 0 radical (unpaired) electrons. The average Bonchev–Trinajstić information content (AvgIpc) is 3.40. The summed E-state index contributed by atoms with van der Waals surface area (Å²) in [6.45, 7) is 0.287. The minimum absolute atomic E-state index is 0.214. The van der Waals surface area contributed by atoms with Gasteiger partial charge in [-0.15, -0.1) is 0 Å². The Kier molecular flexibility index (Phi) is 8.52. The van der Waals surface area contributed by atoms with E-state index in [1.807, 2.05) is 30.3 Å². The van der Waals surface area contributed by atoms with E-state index in [0.717, 1.165) is 25.5 Å². The predicted molar refractivity (Wildman–Crippen MR) is 154 cm³/mol. The number of H-pyrrole nitrogens is 1. The van der Waals surface area contributed by atoms with Crippen molar-refractivity contribution < 1.29 is 26.9 Å². The van der Waals surface area contributed by atoms with E-state index in [1.165, 1.54) is 6.33 Å². The van der Waals surface area contributed by atoms with Crippen LogP contribution in [0.3, 0.4) is 0 Å². The Bertz CT molecular complexity index is 1680. The van der Waals surface area contributed by atoms with Gasteiger partial charge in [-0.3, -0.25) is 13.8 Å². The normalized spacial score (nSPS) is 15.6. The number of hydrogen-bond donors (Lipinski definition) is 2. The van der Waals surface area contributed by atoms with Gasteiger partial charge in [-0.25, -0.2) is 9.97 Å². The second-order valence-electron chi connectivity index (χ2n) is 9.62. The van der Waals surface area contributed by atoms with Crippen LogP contribution in [0.25, 0.3) is 11.0 Å². The number of nitrogens with zero attached hydrogens (tertiary/aromatic N) is 3. The van der Waals surface area contributed by atoms with E-state index >= 15 is 0 Å². The summed E-state index contributed by atoms with van der Waals surface area (Å²) >= 11 is 6.52. The molecule has 2 aromatic carbocycles. The zero-order valence-corrected chi connectivity index (χ0v) is 23.7. The zero-order valence-electron chi connectivity index (χ0n) is 22.2. The molecule has 2 N–H and O–H groups in total. The first kappa shape index (κ1) is 28.5. The second-order valence-corrected chi connectivity index (χ2v) is 11.7. The molecular formula is C28H28ClN5O6S. The fraction of sp³-hybridized carbons (Fsp3) is 0.286. The van der Waals surface area contributed by atoms with Crippen molar-refractivity contribution in [3.05, 3.63) is 77.2 Å². The molecule has 1 aliphatic heterocycles. The number of aromatic amines is 1. The summed E-state index contributed by atoms with van der Waals surface area (Å²) in [5, 5.41) is 4.00. The lowest BCUT2D eigenvalue weighted by atomic mass is 10.0. The van der Waals surface area contributed by atoms with Crippen molar-refractivity contribution in [1.82, 2.24) is 19.9 Å². The third-order valence-corrected chi connectivity index (χ3v) is 7.59. The lowest BCUT2D eigenvalue weighted by Gasteiger charge is -2.35. The number of nitrogens with one attached hydrogen (secondary N) is 2. The summed E-state index contributed by atoms with van der Waals surface area (Å²) < 4.78 is 33.2. The van der Waals surface area contributed by atoms with E-state index in [-0.39, 0.29) is 22.4 Å². The number of ether oxygens (including phenoxy) is 1. The van der Waals surface area contributed by atoms with Crippen LogP contribution in [0.2, 0.25) is 5.02 Å². The number of aromatic nitrogens is 3. The van der Waals surface area contributed by atoms with Crippen molar-refractivity contribution in [2.45, 2.75) is 25.3 Å². The minimum atomic E-state index is -3.74. The van der Waals surface area contributed by atoms with Crippen LogP contribution in [0.15, 0.2) is 61.1 Å². The Morgan fingerprint density at radius 1 is 1.10 bits per heavy atom. The van der Waals surface area contributed by atoms with E-state index < -0.39 is 22.6 Å². The van der Waals surface area contributed by atoms with Crippen LogP contribution in [-0.4, -0.2) is 72.0 Å². The molecule has 0 bridgehead atoms. The van der Waals surface area contributed by atoms with Crippen LogP contribution >= 0.6 is 11.6 Å². The molecule has 3 heterocycles. The zero-order chi connectivity index (χ0) is 29.0. The number of fused-ring (bicyclic) bond motifs is 1. The number of rotatable bonds is 10. The van der Waals surface area contributed by atoms with Gasteiger partial charge in [0.05, 0.1) is 22.2 Å². The molecule has 11 nitrogen and oxygen atoms in total. The number of carbonyl (C=O) groups is 2. The van der Waals surface area contributed by atoms with Gasteiger partial charge < -0.3 is 19.9 Å².